The largest absolute Gasteiger partial charge is 0.351 e. The maximum absolute atomic E-state index is 12.2. The molecule has 5 rings (SSSR count). The Balaban J connectivity index is 1.58. The SMILES string of the molecule is Cc1cc([C@H]2[C@H](c3ccccn3)NC(=S)N2c2ccc(NC(=O)C(C)C)c(Cl)c2)c(C)n1C1CC1. The highest BCUT2D eigenvalue weighted by Gasteiger charge is 2.43. The van der Waals surface area contributed by atoms with Gasteiger partial charge in [-0.15, -0.1) is 0 Å². The van der Waals surface area contributed by atoms with Crippen molar-refractivity contribution in [2.45, 2.75) is 58.7 Å². The molecule has 0 spiro atoms. The van der Waals surface area contributed by atoms with Crippen LogP contribution in [0.25, 0.3) is 0 Å². The number of rotatable bonds is 6. The van der Waals surface area contributed by atoms with Gasteiger partial charge in [0.15, 0.2) is 5.11 Å². The van der Waals surface area contributed by atoms with Gasteiger partial charge in [-0.25, -0.2) is 0 Å². The minimum Gasteiger partial charge on any atom is -0.351 e. The molecule has 0 unspecified atom stereocenters. The van der Waals surface area contributed by atoms with Crippen molar-refractivity contribution in [3.8, 4) is 0 Å². The first-order valence-electron chi connectivity index (χ1n) is 12.1. The van der Waals surface area contributed by atoms with Crippen LogP contribution < -0.4 is 15.5 Å². The normalized spacial score (nSPS) is 19.8. The Morgan fingerprint density at radius 1 is 1.20 bits per heavy atom. The Morgan fingerprint density at radius 3 is 2.60 bits per heavy atom. The highest BCUT2D eigenvalue weighted by molar-refractivity contribution is 7.80. The number of amides is 1. The number of hydrogen-bond acceptors (Lipinski definition) is 3. The van der Waals surface area contributed by atoms with Crippen LogP contribution in [0, 0.1) is 19.8 Å². The number of pyridine rings is 1. The summed E-state index contributed by atoms with van der Waals surface area (Å²) in [6.45, 7) is 8.09. The second-order valence-electron chi connectivity index (χ2n) is 9.73. The number of nitrogens with one attached hydrogen (secondary N) is 2. The van der Waals surface area contributed by atoms with Gasteiger partial charge in [0, 0.05) is 35.2 Å². The zero-order valence-electron chi connectivity index (χ0n) is 20.4. The van der Waals surface area contributed by atoms with Gasteiger partial charge in [-0.3, -0.25) is 9.78 Å². The fourth-order valence-electron chi connectivity index (χ4n) is 4.98. The van der Waals surface area contributed by atoms with Crippen molar-refractivity contribution in [3.05, 3.63) is 76.3 Å². The number of halogens is 1. The minimum atomic E-state index is -0.133. The van der Waals surface area contributed by atoms with Crippen molar-refractivity contribution in [2.75, 3.05) is 10.2 Å². The van der Waals surface area contributed by atoms with E-state index in [4.69, 9.17) is 23.8 Å². The van der Waals surface area contributed by atoms with E-state index in [9.17, 15) is 4.79 Å². The van der Waals surface area contributed by atoms with E-state index in [1.807, 2.05) is 56.4 Å². The molecule has 2 N–H and O–H groups in total. The van der Waals surface area contributed by atoms with Crippen LogP contribution in [0.4, 0.5) is 11.4 Å². The van der Waals surface area contributed by atoms with E-state index >= 15 is 0 Å². The van der Waals surface area contributed by atoms with Crippen LogP contribution in [0.3, 0.4) is 0 Å². The summed E-state index contributed by atoms with van der Waals surface area (Å²) < 4.78 is 2.46. The third-order valence-electron chi connectivity index (χ3n) is 6.87. The molecule has 6 nitrogen and oxygen atoms in total. The molecule has 1 aliphatic heterocycles. The molecule has 182 valence electrons. The number of carbonyl (C=O) groups excluding carboxylic acids is 1. The molecule has 8 heteroatoms. The Bertz CT molecular complexity index is 1280. The molecule has 0 radical (unpaired) electrons. The van der Waals surface area contributed by atoms with Gasteiger partial charge in [0.2, 0.25) is 5.91 Å². The molecule has 1 saturated carbocycles. The first-order valence-corrected chi connectivity index (χ1v) is 12.8. The summed E-state index contributed by atoms with van der Waals surface area (Å²) in [5.41, 5.74) is 6.16. The molecule has 35 heavy (non-hydrogen) atoms. The number of thiocarbonyl (C=S) groups is 1. The number of anilines is 2. The first kappa shape index (κ1) is 23.8. The molecule has 2 fully saturated rings. The summed E-state index contributed by atoms with van der Waals surface area (Å²) in [6.07, 6.45) is 4.27. The molecular formula is C27H30ClN5OS. The molecule has 1 aromatic carbocycles. The average molecular weight is 508 g/mol. The van der Waals surface area contributed by atoms with E-state index in [2.05, 4.69) is 45.0 Å². The zero-order valence-corrected chi connectivity index (χ0v) is 22.0. The minimum absolute atomic E-state index is 0.0707. The van der Waals surface area contributed by atoms with Crippen LogP contribution in [0.1, 0.15) is 67.5 Å². The van der Waals surface area contributed by atoms with Crippen molar-refractivity contribution in [1.29, 1.82) is 0 Å². The summed E-state index contributed by atoms with van der Waals surface area (Å²) >= 11 is 12.5. The predicted octanol–water partition coefficient (Wildman–Crippen LogP) is 6.26. The van der Waals surface area contributed by atoms with E-state index in [1.165, 1.54) is 29.8 Å². The number of aromatic nitrogens is 2. The average Bonchev–Trinajstić information content (AvgIpc) is 3.54. The van der Waals surface area contributed by atoms with Crippen LogP contribution >= 0.6 is 23.8 Å². The molecule has 3 aromatic rings. The summed E-state index contributed by atoms with van der Waals surface area (Å²) in [5, 5.41) is 7.52. The van der Waals surface area contributed by atoms with Crippen LogP contribution in [0.5, 0.6) is 0 Å². The quantitative estimate of drug-likeness (QED) is 0.385. The van der Waals surface area contributed by atoms with Crippen molar-refractivity contribution in [1.82, 2.24) is 14.9 Å². The molecule has 0 bridgehead atoms. The number of carbonyl (C=O) groups is 1. The monoisotopic (exact) mass is 507 g/mol. The summed E-state index contributed by atoms with van der Waals surface area (Å²) in [4.78, 5) is 19.0. The van der Waals surface area contributed by atoms with Crippen LogP contribution in [0.15, 0.2) is 48.7 Å². The second-order valence-corrected chi connectivity index (χ2v) is 10.5. The Kier molecular flexibility index (Phi) is 6.32. The smallest absolute Gasteiger partial charge is 0.226 e. The van der Waals surface area contributed by atoms with Crippen molar-refractivity contribution >= 4 is 46.2 Å². The van der Waals surface area contributed by atoms with Crippen LogP contribution in [0.2, 0.25) is 5.02 Å². The van der Waals surface area contributed by atoms with Gasteiger partial charge < -0.3 is 20.1 Å². The fourth-order valence-corrected chi connectivity index (χ4v) is 5.55. The van der Waals surface area contributed by atoms with Gasteiger partial charge in [-0.05, 0) is 80.9 Å². The van der Waals surface area contributed by atoms with Crippen molar-refractivity contribution in [3.63, 3.8) is 0 Å². The molecule has 3 heterocycles. The predicted molar refractivity (Wildman–Crippen MR) is 145 cm³/mol. The molecule has 1 saturated heterocycles. The molecule has 1 amide bonds. The first-order chi connectivity index (χ1) is 16.8. The highest BCUT2D eigenvalue weighted by Crippen LogP contribution is 2.46. The maximum Gasteiger partial charge on any atom is 0.226 e. The lowest BCUT2D eigenvalue weighted by Crippen LogP contribution is -2.29. The van der Waals surface area contributed by atoms with E-state index < -0.39 is 0 Å². The Labute approximate surface area is 216 Å². The van der Waals surface area contributed by atoms with Crippen LogP contribution in [-0.2, 0) is 4.79 Å². The van der Waals surface area contributed by atoms with Crippen LogP contribution in [-0.4, -0.2) is 20.6 Å². The van der Waals surface area contributed by atoms with E-state index in [1.54, 1.807) is 0 Å². The van der Waals surface area contributed by atoms with E-state index in [0.717, 1.165) is 11.4 Å². The van der Waals surface area contributed by atoms with Gasteiger partial charge >= 0.3 is 0 Å². The summed E-state index contributed by atoms with van der Waals surface area (Å²) in [5.74, 6) is -0.204. The van der Waals surface area contributed by atoms with Gasteiger partial charge in [-0.2, -0.15) is 0 Å². The fraction of sp³-hybridized carbons (Fsp3) is 0.370. The number of benzene rings is 1. The maximum atomic E-state index is 12.2. The standard InChI is InChI=1S/C27H30ClN5OS/c1-15(2)26(34)30-22-11-10-19(14-21(22)28)33-25(20-13-16(3)32(17(20)4)18-8-9-18)24(31-27(33)35)23-7-5-6-12-29-23/h5-7,10-15,18,24-25H,8-9H2,1-4H3,(H,30,34)(H,31,35)/t24-,25-/m0/s1. The lowest BCUT2D eigenvalue weighted by Gasteiger charge is -2.28. The van der Waals surface area contributed by atoms with Crippen molar-refractivity contribution in [2.24, 2.45) is 5.92 Å². The molecule has 1 aliphatic carbocycles. The molecule has 2 aromatic heterocycles. The van der Waals surface area contributed by atoms with E-state index in [0.29, 0.717) is 21.9 Å². The molecular weight excluding hydrogens is 478 g/mol. The van der Waals surface area contributed by atoms with E-state index in [-0.39, 0.29) is 23.9 Å². The number of aryl methyl sites for hydroxylation is 1. The molecule has 2 aliphatic rings. The lowest BCUT2D eigenvalue weighted by atomic mass is 9.96. The molecule has 2 atom stereocenters. The van der Waals surface area contributed by atoms with Gasteiger partial charge in [0.25, 0.3) is 0 Å². The van der Waals surface area contributed by atoms with Gasteiger partial charge in [0.1, 0.15) is 0 Å². The Morgan fingerprint density at radius 2 is 1.97 bits per heavy atom. The van der Waals surface area contributed by atoms with Gasteiger partial charge in [0.05, 0.1) is 28.5 Å². The summed E-state index contributed by atoms with van der Waals surface area (Å²) in [6, 6.07) is 14.3. The Hall–Kier alpha value is -2.90. The second kappa shape index (κ2) is 9.28. The third-order valence-corrected chi connectivity index (χ3v) is 7.49. The zero-order chi connectivity index (χ0) is 24.9. The lowest BCUT2D eigenvalue weighted by molar-refractivity contribution is -0.118. The van der Waals surface area contributed by atoms with Gasteiger partial charge in [-0.1, -0.05) is 31.5 Å². The van der Waals surface area contributed by atoms with Crippen molar-refractivity contribution < 1.29 is 4.79 Å². The topological polar surface area (TPSA) is 62.2 Å². The highest BCUT2D eigenvalue weighted by atomic mass is 35.5. The number of nitrogens with zero attached hydrogens (tertiary/aromatic N) is 3. The summed E-state index contributed by atoms with van der Waals surface area (Å²) in [7, 11) is 0. The number of hydrogen-bond donors (Lipinski definition) is 2. The third kappa shape index (κ3) is 4.43.